The summed E-state index contributed by atoms with van der Waals surface area (Å²) < 4.78 is 31.1. The fraction of sp³-hybridized carbons (Fsp3) is 0.500. The van der Waals surface area contributed by atoms with E-state index in [2.05, 4.69) is 0 Å². The highest BCUT2D eigenvalue weighted by Gasteiger charge is 2.26. The van der Waals surface area contributed by atoms with Gasteiger partial charge in [0.2, 0.25) is 10.0 Å². The van der Waals surface area contributed by atoms with E-state index in [1.54, 1.807) is 13.8 Å². The molecule has 0 saturated carbocycles. The van der Waals surface area contributed by atoms with Gasteiger partial charge in [0.25, 0.3) is 0 Å². The molecular weight excluding hydrogens is 288 g/mol. The fourth-order valence-electron chi connectivity index (χ4n) is 1.57. The number of halogens is 1. The molecule has 19 heavy (non-hydrogen) atoms. The van der Waals surface area contributed by atoms with Crippen molar-refractivity contribution in [2.24, 2.45) is 0 Å². The normalized spacial score (nSPS) is 13.8. The number of benzene rings is 1. The summed E-state index contributed by atoms with van der Waals surface area (Å²) in [5.74, 6) is 0. The lowest BCUT2D eigenvalue weighted by Gasteiger charge is -2.24. The van der Waals surface area contributed by atoms with E-state index >= 15 is 0 Å². The van der Waals surface area contributed by atoms with Crippen LogP contribution < -0.4 is 5.73 Å². The first-order chi connectivity index (χ1) is 8.71. The molecule has 0 aliphatic rings. The number of likely N-dealkylation sites (N-methyl/N-ethyl adjacent to an activating group) is 1. The van der Waals surface area contributed by atoms with Gasteiger partial charge in [-0.05, 0) is 31.5 Å². The first kappa shape index (κ1) is 16.2. The van der Waals surface area contributed by atoms with Crippen LogP contribution in [0.15, 0.2) is 17.0 Å². The van der Waals surface area contributed by atoms with Crippen LogP contribution in [0, 0.1) is 6.92 Å². The van der Waals surface area contributed by atoms with Crippen molar-refractivity contribution in [2.75, 3.05) is 26.5 Å². The molecule has 0 aliphatic carbocycles. The molecule has 0 amide bonds. The van der Waals surface area contributed by atoms with Crippen LogP contribution in [0.2, 0.25) is 5.02 Å². The van der Waals surface area contributed by atoms with Crippen molar-refractivity contribution in [3.05, 3.63) is 22.7 Å². The van der Waals surface area contributed by atoms with Gasteiger partial charge in [-0.2, -0.15) is 4.31 Å². The van der Waals surface area contributed by atoms with Gasteiger partial charge in [-0.1, -0.05) is 11.6 Å². The average Bonchev–Trinajstić information content (AvgIpc) is 2.34. The van der Waals surface area contributed by atoms with E-state index in [0.29, 0.717) is 22.9 Å². The van der Waals surface area contributed by atoms with E-state index in [0.717, 1.165) is 0 Å². The second-order valence-corrected chi connectivity index (χ2v) is 6.85. The number of hydrogen-bond acceptors (Lipinski definition) is 4. The Morgan fingerprint density at radius 2 is 2.05 bits per heavy atom. The standard InChI is InChI=1S/C12H19ClN2O3S/c1-8(7-18-4)15(3)19(16,17)10-5-11(13)9(2)12(14)6-10/h5-6,8H,7,14H2,1-4H3. The van der Waals surface area contributed by atoms with Crippen molar-refractivity contribution < 1.29 is 13.2 Å². The molecule has 7 heteroatoms. The van der Waals surface area contributed by atoms with Gasteiger partial charge in [-0.3, -0.25) is 0 Å². The topological polar surface area (TPSA) is 72.6 Å². The molecule has 0 bridgehead atoms. The minimum absolute atomic E-state index is 0.0889. The van der Waals surface area contributed by atoms with Crippen LogP contribution in [0.5, 0.6) is 0 Å². The van der Waals surface area contributed by atoms with Gasteiger partial charge in [0.15, 0.2) is 0 Å². The summed E-state index contributed by atoms with van der Waals surface area (Å²) >= 11 is 5.98. The third-order valence-electron chi connectivity index (χ3n) is 3.06. The van der Waals surface area contributed by atoms with Crippen LogP contribution >= 0.6 is 11.6 Å². The quantitative estimate of drug-likeness (QED) is 0.843. The zero-order chi connectivity index (χ0) is 14.8. The molecule has 1 unspecified atom stereocenters. The van der Waals surface area contributed by atoms with Crippen molar-refractivity contribution in [1.29, 1.82) is 0 Å². The van der Waals surface area contributed by atoms with Gasteiger partial charge < -0.3 is 10.5 Å². The number of methoxy groups -OCH3 is 1. The van der Waals surface area contributed by atoms with Crippen molar-refractivity contribution in [3.63, 3.8) is 0 Å². The summed E-state index contributed by atoms with van der Waals surface area (Å²) in [4.78, 5) is 0.0889. The van der Waals surface area contributed by atoms with E-state index < -0.39 is 10.0 Å². The molecular formula is C12H19ClN2O3S. The summed E-state index contributed by atoms with van der Waals surface area (Å²) in [6.45, 7) is 3.82. The Kier molecular flexibility index (Phi) is 5.20. The number of hydrogen-bond donors (Lipinski definition) is 1. The molecule has 0 heterocycles. The highest BCUT2D eigenvalue weighted by atomic mass is 35.5. The molecule has 5 nitrogen and oxygen atoms in total. The lowest BCUT2D eigenvalue weighted by molar-refractivity contribution is 0.149. The molecule has 0 radical (unpaired) electrons. The molecule has 0 spiro atoms. The van der Waals surface area contributed by atoms with Gasteiger partial charge in [-0.25, -0.2) is 8.42 Å². The van der Waals surface area contributed by atoms with Crippen molar-refractivity contribution in [3.8, 4) is 0 Å². The zero-order valence-corrected chi connectivity index (χ0v) is 13.0. The maximum atomic E-state index is 12.4. The van der Waals surface area contributed by atoms with E-state index in [4.69, 9.17) is 22.1 Å². The Hall–Kier alpha value is -0.820. The first-order valence-electron chi connectivity index (χ1n) is 5.74. The Morgan fingerprint density at radius 1 is 1.47 bits per heavy atom. The van der Waals surface area contributed by atoms with Gasteiger partial charge in [-0.15, -0.1) is 0 Å². The summed E-state index contributed by atoms with van der Waals surface area (Å²) in [6, 6.07) is 2.56. The van der Waals surface area contributed by atoms with E-state index in [1.807, 2.05) is 0 Å². The lowest BCUT2D eigenvalue weighted by Crippen LogP contribution is -2.37. The number of anilines is 1. The predicted molar refractivity (Wildman–Crippen MR) is 76.9 cm³/mol. The molecule has 1 atom stereocenters. The molecule has 2 N–H and O–H groups in total. The summed E-state index contributed by atoms with van der Waals surface area (Å²) in [7, 11) is -0.605. The maximum absolute atomic E-state index is 12.4. The Bertz CT molecular complexity index is 537. The second-order valence-electron chi connectivity index (χ2n) is 4.44. The predicted octanol–water partition coefficient (Wildman–Crippen LogP) is 1.89. The molecule has 1 rings (SSSR count). The molecule has 0 aromatic heterocycles. The second kappa shape index (κ2) is 6.09. The average molecular weight is 307 g/mol. The van der Waals surface area contributed by atoms with E-state index in [-0.39, 0.29) is 10.9 Å². The number of nitrogens with two attached hydrogens (primary N) is 1. The molecule has 1 aromatic rings. The molecule has 0 fully saturated rings. The summed E-state index contributed by atoms with van der Waals surface area (Å²) in [6.07, 6.45) is 0. The summed E-state index contributed by atoms with van der Waals surface area (Å²) in [5, 5.41) is 0.339. The Balaban J connectivity index is 3.21. The largest absolute Gasteiger partial charge is 0.398 e. The van der Waals surface area contributed by atoms with E-state index in [1.165, 1.54) is 30.6 Å². The van der Waals surface area contributed by atoms with Crippen LogP contribution in [0.4, 0.5) is 5.69 Å². The molecule has 0 saturated heterocycles. The number of sulfonamides is 1. The van der Waals surface area contributed by atoms with Crippen LogP contribution in [0.1, 0.15) is 12.5 Å². The van der Waals surface area contributed by atoms with Gasteiger partial charge >= 0.3 is 0 Å². The Labute approximate surface area is 119 Å². The van der Waals surface area contributed by atoms with Gasteiger partial charge in [0.1, 0.15) is 0 Å². The molecule has 1 aromatic carbocycles. The van der Waals surface area contributed by atoms with Crippen molar-refractivity contribution in [2.45, 2.75) is 24.8 Å². The smallest absolute Gasteiger partial charge is 0.243 e. The molecule has 0 aliphatic heterocycles. The van der Waals surface area contributed by atoms with Gasteiger partial charge in [0, 0.05) is 30.9 Å². The van der Waals surface area contributed by atoms with Crippen molar-refractivity contribution >= 4 is 27.3 Å². The SMILES string of the molecule is COCC(C)N(C)S(=O)(=O)c1cc(N)c(C)c(Cl)c1. The molecule has 108 valence electrons. The monoisotopic (exact) mass is 306 g/mol. The lowest BCUT2D eigenvalue weighted by atomic mass is 10.2. The highest BCUT2D eigenvalue weighted by Crippen LogP contribution is 2.27. The van der Waals surface area contributed by atoms with Crippen LogP contribution in [-0.2, 0) is 14.8 Å². The number of nitrogen functional groups attached to an aromatic ring is 1. The van der Waals surface area contributed by atoms with E-state index in [9.17, 15) is 8.42 Å². The fourth-order valence-corrected chi connectivity index (χ4v) is 3.27. The third kappa shape index (κ3) is 3.39. The Morgan fingerprint density at radius 3 is 2.53 bits per heavy atom. The van der Waals surface area contributed by atoms with Crippen LogP contribution in [0.3, 0.4) is 0 Å². The first-order valence-corrected chi connectivity index (χ1v) is 7.56. The van der Waals surface area contributed by atoms with Crippen molar-refractivity contribution in [1.82, 2.24) is 4.31 Å². The van der Waals surface area contributed by atoms with Crippen LogP contribution in [0.25, 0.3) is 0 Å². The minimum Gasteiger partial charge on any atom is -0.398 e. The van der Waals surface area contributed by atoms with Gasteiger partial charge in [0.05, 0.1) is 11.5 Å². The summed E-state index contributed by atoms with van der Waals surface area (Å²) in [5.41, 5.74) is 6.80. The van der Waals surface area contributed by atoms with Crippen LogP contribution in [-0.4, -0.2) is 39.5 Å². The zero-order valence-electron chi connectivity index (χ0n) is 11.5. The third-order valence-corrected chi connectivity index (χ3v) is 5.41. The number of rotatable bonds is 5. The maximum Gasteiger partial charge on any atom is 0.243 e. The highest BCUT2D eigenvalue weighted by molar-refractivity contribution is 7.89. The number of nitrogens with zero attached hydrogens (tertiary/aromatic N) is 1. The number of ether oxygens (including phenoxy) is 1. The minimum atomic E-state index is -3.63.